The number of aliphatic hydroxyl groups excluding tert-OH is 1. The summed E-state index contributed by atoms with van der Waals surface area (Å²) in [6.45, 7) is 0.125. The fourth-order valence-electron chi connectivity index (χ4n) is 1.27. The molecule has 0 aliphatic rings. The van der Waals surface area contributed by atoms with E-state index in [1.54, 1.807) is 0 Å². The molecule has 0 atom stereocenters. The van der Waals surface area contributed by atoms with Gasteiger partial charge in [0.15, 0.2) is 0 Å². The fraction of sp³-hybridized carbons (Fsp3) is 0.455. The first kappa shape index (κ1) is 15.1. The molecule has 0 amide bonds. The third kappa shape index (κ3) is 3.80. The minimum atomic E-state index is -3.39. The van der Waals surface area contributed by atoms with Gasteiger partial charge in [0.25, 0.3) is 10.2 Å². The van der Waals surface area contributed by atoms with Gasteiger partial charge in [0, 0.05) is 27.7 Å². The van der Waals surface area contributed by atoms with Crippen molar-refractivity contribution in [1.29, 1.82) is 0 Å². The molecule has 0 spiro atoms. The Morgan fingerprint density at radius 1 is 1.39 bits per heavy atom. The standard InChI is InChI=1S/C11H16N2O3S2/c1-12(2)18(15,16)13(3)8-10-7-11(17-9-10)5-4-6-14/h7,9,14H,6,8H2,1-3H3. The van der Waals surface area contributed by atoms with Crippen molar-refractivity contribution in [2.24, 2.45) is 0 Å². The second kappa shape index (κ2) is 6.31. The zero-order chi connectivity index (χ0) is 13.8. The van der Waals surface area contributed by atoms with Crippen molar-refractivity contribution in [3.63, 3.8) is 0 Å². The van der Waals surface area contributed by atoms with E-state index >= 15 is 0 Å². The molecule has 18 heavy (non-hydrogen) atoms. The van der Waals surface area contributed by atoms with Crippen LogP contribution in [0.5, 0.6) is 0 Å². The summed E-state index contributed by atoms with van der Waals surface area (Å²) >= 11 is 1.43. The molecule has 1 heterocycles. The Hall–Kier alpha value is -0.910. The maximum absolute atomic E-state index is 11.8. The highest BCUT2D eigenvalue weighted by Crippen LogP contribution is 2.16. The second-order valence-corrected chi connectivity index (χ2v) is 6.99. The monoisotopic (exact) mass is 288 g/mol. The van der Waals surface area contributed by atoms with Crippen molar-refractivity contribution in [1.82, 2.24) is 8.61 Å². The van der Waals surface area contributed by atoms with E-state index in [0.29, 0.717) is 6.54 Å². The summed E-state index contributed by atoms with van der Waals surface area (Å²) in [4.78, 5) is 0.815. The van der Waals surface area contributed by atoms with E-state index in [0.717, 1.165) is 10.4 Å². The molecule has 0 unspecified atom stereocenters. The SMILES string of the molecule is CN(C)S(=O)(=O)N(C)Cc1csc(C#CCO)c1. The molecule has 0 aromatic carbocycles. The van der Waals surface area contributed by atoms with Crippen molar-refractivity contribution in [2.45, 2.75) is 6.54 Å². The number of thiophene rings is 1. The van der Waals surface area contributed by atoms with E-state index < -0.39 is 10.2 Å². The number of aliphatic hydroxyl groups is 1. The van der Waals surface area contributed by atoms with Gasteiger partial charge >= 0.3 is 0 Å². The van der Waals surface area contributed by atoms with Gasteiger partial charge in [0.05, 0.1) is 4.88 Å². The third-order valence-electron chi connectivity index (χ3n) is 2.20. The summed E-state index contributed by atoms with van der Waals surface area (Å²) in [5.74, 6) is 5.35. The molecule has 100 valence electrons. The topological polar surface area (TPSA) is 60.9 Å². The maximum Gasteiger partial charge on any atom is 0.281 e. The van der Waals surface area contributed by atoms with Gasteiger partial charge in [-0.25, -0.2) is 0 Å². The molecular weight excluding hydrogens is 272 g/mol. The summed E-state index contributed by atoms with van der Waals surface area (Å²) in [5.41, 5.74) is 0.884. The van der Waals surface area contributed by atoms with E-state index in [-0.39, 0.29) is 6.61 Å². The van der Waals surface area contributed by atoms with Gasteiger partial charge in [-0.15, -0.1) is 11.3 Å². The minimum Gasteiger partial charge on any atom is -0.384 e. The first-order valence-electron chi connectivity index (χ1n) is 5.19. The highest BCUT2D eigenvalue weighted by atomic mass is 32.2. The minimum absolute atomic E-state index is 0.178. The predicted molar refractivity (Wildman–Crippen MR) is 72.4 cm³/mol. The second-order valence-electron chi connectivity index (χ2n) is 3.83. The van der Waals surface area contributed by atoms with Crippen LogP contribution in [0.1, 0.15) is 10.4 Å². The highest BCUT2D eigenvalue weighted by Gasteiger charge is 2.20. The van der Waals surface area contributed by atoms with Crippen LogP contribution in [-0.2, 0) is 16.8 Å². The lowest BCUT2D eigenvalue weighted by Crippen LogP contribution is -2.36. The van der Waals surface area contributed by atoms with Crippen molar-refractivity contribution in [3.8, 4) is 11.8 Å². The maximum atomic E-state index is 11.8. The first-order chi connectivity index (χ1) is 8.37. The summed E-state index contributed by atoms with van der Waals surface area (Å²) < 4.78 is 26.1. The number of hydrogen-bond acceptors (Lipinski definition) is 4. The van der Waals surface area contributed by atoms with Crippen LogP contribution in [0, 0.1) is 11.8 Å². The lowest BCUT2D eigenvalue weighted by Gasteiger charge is -2.20. The van der Waals surface area contributed by atoms with E-state index in [1.807, 2.05) is 11.4 Å². The van der Waals surface area contributed by atoms with Gasteiger partial charge in [-0.2, -0.15) is 17.0 Å². The molecule has 1 aromatic rings. The molecular formula is C11H16N2O3S2. The van der Waals surface area contributed by atoms with Crippen LogP contribution in [0.2, 0.25) is 0 Å². The zero-order valence-electron chi connectivity index (χ0n) is 10.5. The van der Waals surface area contributed by atoms with Crippen LogP contribution >= 0.6 is 11.3 Å². The molecule has 0 aliphatic heterocycles. The van der Waals surface area contributed by atoms with Crippen LogP contribution < -0.4 is 0 Å². The number of hydrogen-bond donors (Lipinski definition) is 1. The molecule has 1 rings (SSSR count). The molecule has 7 heteroatoms. The average molecular weight is 288 g/mol. The molecule has 0 saturated carbocycles. The first-order valence-corrected chi connectivity index (χ1v) is 7.46. The Labute approximate surface area is 112 Å². The Morgan fingerprint density at radius 2 is 2.06 bits per heavy atom. The van der Waals surface area contributed by atoms with Gasteiger partial charge in [-0.1, -0.05) is 11.8 Å². The van der Waals surface area contributed by atoms with Gasteiger partial charge in [-0.3, -0.25) is 0 Å². The number of nitrogens with zero attached hydrogens (tertiary/aromatic N) is 2. The van der Waals surface area contributed by atoms with Crippen LogP contribution in [-0.4, -0.2) is 49.9 Å². The van der Waals surface area contributed by atoms with Crippen molar-refractivity contribution in [3.05, 3.63) is 21.9 Å². The Kier molecular flexibility index (Phi) is 5.31. The molecule has 0 bridgehead atoms. The average Bonchev–Trinajstić information content (AvgIpc) is 2.73. The summed E-state index contributed by atoms with van der Waals surface area (Å²) in [5, 5.41) is 10.4. The smallest absolute Gasteiger partial charge is 0.281 e. The van der Waals surface area contributed by atoms with E-state index in [4.69, 9.17) is 5.11 Å². The predicted octanol–water partition coefficient (Wildman–Crippen LogP) is 0.330. The van der Waals surface area contributed by atoms with Crippen LogP contribution in [0.15, 0.2) is 11.4 Å². The van der Waals surface area contributed by atoms with Crippen molar-refractivity contribution in [2.75, 3.05) is 27.7 Å². The zero-order valence-corrected chi connectivity index (χ0v) is 12.2. The highest BCUT2D eigenvalue weighted by molar-refractivity contribution is 7.86. The van der Waals surface area contributed by atoms with Crippen LogP contribution in [0.3, 0.4) is 0 Å². The van der Waals surface area contributed by atoms with Crippen molar-refractivity contribution < 1.29 is 13.5 Å². The lowest BCUT2D eigenvalue weighted by molar-refractivity contribution is 0.350. The Morgan fingerprint density at radius 3 is 2.61 bits per heavy atom. The van der Waals surface area contributed by atoms with Crippen molar-refractivity contribution >= 4 is 21.5 Å². The molecule has 5 nitrogen and oxygen atoms in total. The fourth-order valence-corrected chi connectivity index (χ4v) is 2.91. The molecule has 0 radical (unpaired) electrons. The quantitative estimate of drug-likeness (QED) is 0.812. The van der Waals surface area contributed by atoms with E-state index in [2.05, 4.69) is 11.8 Å². The molecule has 0 saturated heterocycles. The lowest BCUT2D eigenvalue weighted by atomic mass is 10.3. The number of rotatable bonds is 4. The third-order valence-corrected chi connectivity index (χ3v) is 4.94. The summed E-state index contributed by atoms with van der Waals surface area (Å²) in [6, 6.07) is 1.83. The van der Waals surface area contributed by atoms with Crippen LogP contribution in [0.25, 0.3) is 0 Å². The van der Waals surface area contributed by atoms with Gasteiger partial charge < -0.3 is 5.11 Å². The van der Waals surface area contributed by atoms with Gasteiger partial charge in [0.2, 0.25) is 0 Å². The molecule has 1 N–H and O–H groups in total. The molecule has 0 fully saturated rings. The van der Waals surface area contributed by atoms with Crippen LogP contribution in [0.4, 0.5) is 0 Å². The Balaban J connectivity index is 2.77. The van der Waals surface area contributed by atoms with Gasteiger partial charge in [-0.05, 0) is 17.0 Å². The summed E-state index contributed by atoms with van der Waals surface area (Å²) in [7, 11) is 1.14. The summed E-state index contributed by atoms with van der Waals surface area (Å²) in [6.07, 6.45) is 0. The normalized spacial score (nSPS) is 11.7. The largest absolute Gasteiger partial charge is 0.384 e. The van der Waals surface area contributed by atoms with Gasteiger partial charge in [0.1, 0.15) is 6.61 Å². The van der Waals surface area contributed by atoms with E-state index in [9.17, 15) is 8.42 Å². The van der Waals surface area contributed by atoms with E-state index in [1.165, 1.54) is 41.1 Å². The molecule has 1 aromatic heterocycles. The Bertz CT molecular complexity index is 552. The molecule has 0 aliphatic carbocycles.